The number of carboxylic acids is 1. The molecule has 34 heavy (non-hydrogen) atoms. The number of benzene rings is 3. The van der Waals surface area contributed by atoms with Crippen molar-refractivity contribution in [1.29, 1.82) is 0 Å². The predicted molar refractivity (Wildman–Crippen MR) is 127 cm³/mol. The maximum absolute atomic E-state index is 12.5. The van der Waals surface area contributed by atoms with Crippen LogP contribution in [0.5, 0.6) is 11.5 Å². The number of hydrogen-bond acceptors (Lipinski definition) is 5. The average Bonchev–Trinajstić information content (AvgIpc) is 3.18. The van der Waals surface area contributed by atoms with Crippen molar-refractivity contribution in [3.05, 3.63) is 83.4 Å². The van der Waals surface area contributed by atoms with E-state index in [2.05, 4.69) is 17.4 Å². The van der Waals surface area contributed by atoms with Crippen LogP contribution in [0.1, 0.15) is 29.0 Å². The molecule has 7 heteroatoms. The molecule has 0 unspecified atom stereocenters. The quantitative estimate of drug-likeness (QED) is 0.483. The Kier molecular flexibility index (Phi) is 7.01. The van der Waals surface area contributed by atoms with E-state index >= 15 is 0 Å². The van der Waals surface area contributed by atoms with Gasteiger partial charge in [-0.25, -0.2) is 9.59 Å². The van der Waals surface area contributed by atoms with Crippen molar-refractivity contribution in [2.45, 2.75) is 24.8 Å². The molecule has 176 valence electrons. The van der Waals surface area contributed by atoms with E-state index in [1.165, 1.54) is 0 Å². The van der Waals surface area contributed by atoms with E-state index in [1.807, 2.05) is 42.5 Å². The lowest BCUT2D eigenvalue weighted by Gasteiger charge is -2.18. The third-order valence-electron chi connectivity index (χ3n) is 6.10. The van der Waals surface area contributed by atoms with Crippen molar-refractivity contribution >= 4 is 12.1 Å². The van der Waals surface area contributed by atoms with Crippen molar-refractivity contribution in [2.24, 2.45) is 0 Å². The molecule has 0 aliphatic heterocycles. The van der Waals surface area contributed by atoms with Crippen molar-refractivity contribution in [3.63, 3.8) is 0 Å². The molecule has 3 aromatic rings. The molecule has 0 saturated heterocycles. The molecule has 1 aliphatic rings. The van der Waals surface area contributed by atoms with Crippen molar-refractivity contribution in [1.82, 2.24) is 5.32 Å². The number of rotatable bonds is 9. The fraction of sp³-hybridized carbons (Fsp3) is 0.259. The molecule has 0 bridgehead atoms. The summed E-state index contributed by atoms with van der Waals surface area (Å²) in [5.41, 5.74) is 5.33. The molecule has 2 N–H and O–H groups in total. The monoisotopic (exact) mass is 461 g/mol. The van der Waals surface area contributed by atoms with Gasteiger partial charge in [0.1, 0.15) is 12.6 Å². The molecule has 7 nitrogen and oxygen atoms in total. The summed E-state index contributed by atoms with van der Waals surface area (Å²) >= 11 is 0. The SMILES string of the molecule is COc1ccc(CC[C@H](NC(=O)OCC2c3ccccc3-c3ccccc32)C(=O)O)cc1OC. The summed E-state index contributed by atoms with van der Waals surface area (Å²) in [5, 5.41) is 12.1. The lowest BCUT2D eigenvalue weighted by Crippen LogP contribution is -2.41. The van der Waals surface area contributed by atoms with E-state index < -0.39 is 18.1 Å². The van der Waals surface area contributed by atoms with Crippen LogP contribution in [0, 0.1) is 0 Å². The zero-order valence-electron chi connectivity index (χ0n) is 19.1. The summed E-state index contributed by atoms with van der Waals surface area (Å²) < 4.78 is 16.0. The first-order chi connectivity index (χ1) is 16.5. The maximum Gasteiger partial charge on any atom is 0.407 e. The van der Waals surface area contributed by atoms with Crippen LogP contribution in [-0.4, -0.2) is 44.0 Å². The van der Waals surface area contributed by atoms with Crippen LogP contribution in [-0.2, 0) is 16.0 Å². The van der Waals surface area contributed by atoms with Gasteiger partial charge in [0.15, 0.2) is 11.5 Å². The number of ether oxygens (including phenoxy) is 3. The largest absolute Gasteiger partial charge is 0.493 e. The molecule has 0 saturated carbocycles. The highest BCUT2D eigenvalue weighted by Gasteiger charge is 2.29. The first kappa shape index (κ1) is 23.2. The highest BCUT2D eigenvalue weighted by molar-refractivity contribution is 5.81. The van der Waals surface area contributed by atoms with Gasteiger partial charge in [-0.05, 0) is 52.8 Å². The number of methoxy groups -OCH3 is 2. The summed E-state index contributed by atoms with van der Waals surface area (Å²) in [6.45, 7) is 0.127. The van der Waals surface area contributed by atoms with Crippen LogP contribution in [0.15, 0.2) is 66.7 Å². The number of hydrogen-bond donors (Lipinski definition) is 2. The summed E-state index contributed by atoms with van der Waals surface area (Å²) in [7, 11) is 3.09. The molecular formula is C27H27NO6. The highest BCUT2D eigenvalue weighted by atomic mass is 16.5. The second-order valence-corrected chi connectivity index (χ2v) is 8.09. The van der Waals surface area contributed by atoms with Gasteiger partial charge in [0.25, 0.3) is 0 Å². The first-order valence-corrected chi connectivity index (χ1v) is 11.1. The number of carbonyl (C=O) groups is 2. The summed E-state index contributed by atoms with van der Waals surface area (Å²) in [4.78, 5) is 24.3. The minimum absolute atomic E-state index is 0.0896. The lowest BCUT2D eigenvalue weighted by molar-refractivity contribution is -0.139. The Hall–Kier alpha value is -4.00. The third kappa shape index (κ3) is 4.83. The van der Waals surface area contributed by atoms with E-state index in [9.17, 15) is 14.7 Å². The van der Waals surface area contributed by atoms with Crippen LogP contribution in [0.2, 0.25) is 0 Å². The minimum Gasteiger partial charge on any atom is -0.493 e. The molecule has 0 aromatic heterocycles. The van der Waals surface area contributed by atoms with Crippen LogP contribution in [0.4, 0.5) is 4.79 Å². The second kappa shape index (κ2) is 10.3. The Morgan fingerprint density at radius 3 is 2.12 bits per heavy atom. The molecule has 0 heterocycles. The van der Waals surface area contributed by atoms with Crippen LogP contribution in [0.3, 0.4) is 0 Å². The van der Waals surface area contributed by atoms with E-state index in [-0.39, 0.29) is 18.9 Å². The van der Waals surface area contributed by atoms with Crippen molar-refractivity contribution in [3.8, 4) is 22.6 Å². The Bertz CT molecular complexity index is 1150. The molecule has 3 aromatic carbocycles. The molecule has 1 amide bonds. The van der Waals surface area contributed by atoms with Gasteiger partial charge >= 0.3 is 12.1 Å². The number of aryl methyl sites for hydroxylation is 1. The Labute approximate surface area is 198 Å². The number of alkyl carbamates (subject to hydrolysis) is 1. The van der Waals surface area contributed by atoms with E-state index in [0.717, 1.165) is 27.8 Å². The topological polar surface area (TPSA) is 94.1 Å². The number of amides is 1. The third-order valence-corrected chi connectivity index (χ3v) is 6.10. The molecule has 0 spiro atoms. The zero-order chi connectivity index (χ0) is 24.1. The number of nitrogens with one attached hydrogen (secondary N) is 1. The maximum atomic E-state index is 12.5. The number of aliphatic carboxylic acids is 1. The van der Waals surface area contributed by atoms with Gasteiger partial charge in [-0.1, -0.05) is 54.6 Å². The molecule has 0 radical (unpaired) electrons. The van der Waals surface area contributed by atoms with Gasteiger partial charge in [0.2, 0.25) is 0 Å². The van der Waals surface area contributed by atoms with Crippen molar-refractivity contribution < 1.29 is 28.9 Å². The Morgan fingerprint density at radius 2 is 1.53 bits per heavy atom. The zero-order valence-corrected chi connectivity index (χ0v) is 19.1. The minimum atomic E-state index is -1.12. The van der Waals surface area contributed by atoms with Gasteiger partial charge in [-0.3, -0.25) is 0 Å². The first-order valence-electron chi connectivity index (χ1n) is 11.1. The van der Waals surface area contributed by atoms with Gasteiger partial charge in [0, 0.05) is 5.92 Å². The van der Waals surface area contributed by atoms with Gasteiger partial charge in [0.05, 0.1) is 14.2 Å². The lowest BCUT2D eigenvalue weighted by atomic mass is 9.98. The fourth-order valence-corrected chi connectivity index (χ4v) is 4.39. The van der Waals surface area contributed by atoms with Gasteiger partial charge < -0.3 is 24.6 Å². The fourth-order valence-electron chi connectivity index (χ4n) is 4.39. The van der Waals surface area contributed by atoms with Crippen LogP contribution >= 0.6 is 0 Å². The van der Waals surface area contributed by atoms with Crippen LogP contribution in [0.25, 0.3) is 11.1 Å². The molecule has 1 atom stereocenters. The predicted octanol–water partition coefficient (Wildman–Crippen LogP) is 4.63. The highest BCUT2D eigenvalue weighted by Crippen LogP contribution is 2.44. The smallest absolute Gasteiger partial charge is 0.407 e. The van der Waals surface area contributed by atoms with Gasteiger partial charge in [-0.15, -0.1) is 0 Å². The molecular weight excluding hydrogens is 434 g/mol. The van der Waals surface area contributed by atoms with Gasteiger partial charge in [-0.2, -0.15) is 0 Å². The van der Waals surface area contributed by atoms with Crippen molar-refractivity contribution in [2.75, 3.05) is 20.8 Å². The number of carbonyl (C=O) groups excluding carboxylic acids is 1. The second-order valence-electron chi connectivity index (χ2n) is 8.09. The van der Waals surface area contributed by atoms with E-state index in [0.29, 0.717) is 17.9 Å². The normalized spacial score (nSPS) is 12.9. The average molecular weight is 462 g/mol. The molecule has 1 aliphatic carbocycles. The number of fused-ring (bicyclic) bond motifs is 3. The molecule has 4 rings (SSSR count). The summed E-state index contributed by atoms with van der Waals surface area (Å²) in [6.07, 6.45) is -0.114. The molecule has 0 fully saturated rings. The summed E-state index contributed by atoms with van der Waals surface area (Å²) in [5.74, 6) is -0.0451. The van der Waals surface area contributed by atoms with Crippen LogP contribution < -0.4 is 14.8 Å². The Balaban J connectivity index is 1.37. The Morgan fingerprint density at radius 1 is 0.912 bits per heavy atom. The number of carboxylic acid groups (broad SMARTS) is 1. The standard InChI is InChI=1S/C27H27NO6/c1-32-24-14-12-17(15-25(24)33-2)11-13-23(26(29)30)28-27(31)34-16-22-20-9-5-3-7-18(20)19-8-4-6-10-21(19)22/h3-10,12,14-15,22-23H,11,13,16H2,1-2H3,(H,28,31)(H,29,30)/t23-/m0/s1. The van der Waals surface area contributed by atoms with E-state index in [1.54, 1.807) is 26.4 Å². The van der Waals surface area contributed by atoms with E-state index in [4.69, 9.17) is 14.2 Å². The summed E-state index contributed by atoms with van der Waals surface area (Å²) in [6, 6.07) is 20.4.